The second-order valence-corrected chi connectivity index (χ2v) is 4.88. The first-order valence-electron chi connectivity index (χ1n) is 6.69. The van der Waals surface area contributed by atoms with Crippen LogP contribution in [0.3, 0.4) is 0 Å². The summed E-state index contributed by atoms with van der Waals surface area (Å²) in [6, 6.07) is 3.97. The van der Waals surface area contributed by atoms with Crippen molar-refractivity contribution in [3.63, 3.8) is 0 Å². The van der Waals surface area contributed by atoms with E-state index in [2.05, 4.69) is 4.98 Å². The molecule has 1 aliphatic heterocycles. The molecule has 5 heteroatoms. The van der Waals surface area contributed by atoms with E-state index in [1.807, 2.05) is 30.2 Å². The lowest BCUT2D eigenvalue weighted by atomic mass is 9.98. The van der Waals surface area contributed by atoms with Gasteiger partial charge in [0.25, 0.3) is 0 Å². The fourth-order valence-electron chi connectivity index (χ4n) is 2.22. The Balaban J connectivity index is 1.98. The minimum absolute atomic E-state index is 0.131. The number of hydrogen-bond donors (Lipinski definition) is 1. The summed E-state index contributed by atoms with van der Waals surface area (Å²) in [7, 11) is 0. The number of morpholine rings is 1. The van der Waals surface area contributed by atoms with E-state index in [4.69, 9.17) is 10.5 Å². The van der Waals surface area contributed by atoms with E-state index in [1.54, 1.807) is 0 Å². The molecular formula is C14H21N3O2. The van der Waals surface area contributed by atoms with Crippen LogP contribution in [0.2, 0.25) is 0 Å². The third-order valence-electron chi connectivity index (χ3n) is 3.41. The van der Waals surface area contributed by atoms with Gasteiger partial charge in [-0.25, -0.2) is 0 Å². The second-order valence-electron chi connectivity index (χ2n) is 4.88. The summed E-state index contributed by atoms with van der Waals surface area (Å²) in [6.07, 6.45) is 2.48. The van der Waals surface area contributed by atoms with Crippen molar-refractivity contribution in [1.82, 2.24) is 9.88 Å². The lowest BCUT2D eigenvalue weighted by Crippen LogP contribution is -2.45. The summed E-state index contributed by atoms with van der Waals surface area (Å²) in [5.41, 5.74) is 7.80. The smallest absolute Gasteiger partial charge is 0.227 e. The van der Waals surface area contributed by atoms with Gasteiger partial charge < -0.3 is 15.4 Å². The predicted molar refractivity (Wildman–Crippen MR) is 72.6 cm³/mol. The zero-order valence-electron chi connectivity index (χ0n) is 11.3. The fourth-order valence-corrected chi connectivity index (χ4v) is 2.22. The van der Waals surface area contributed by atoms with E-state index >= 15 is 0 Å². The average molecular weight is 263 g/mol. The third kappa shape index (κ3) is 3.75. The first-order valence-corrected chi connectivity index (χ1v) is 6.69. The molecule has 19 heavy (non-hydrogen) atoms. The molecule has 1 aromatic rings. The van der Waals surface area contributed by atoms with Crippen molar-refractivity contribution in [3.8, 4) is 0 Å². The Hall–Kier alpha value is -1.46. The van der Waals surface area contributed by atoms with Gasteiger partial charge in [0.2, 0.25) is 5.91 Å². The summed E-state index contributed by atoms with van der Waals surface area (Å²) in [5.74, 6) is -0.0334. The first-order chi connectivity index (χ1) is 9.20. The maximum atomic E-state index is 12.4. The standard InChI is InChI=1S/C14H21N3O2/c1-11-2-3-12(10-16-11)8-13(9-15)14(18)17-4-6-19-7-5-17/h2-3,10,13H,4-9,15H2,1H3. The van der Waals surface area contributed by atoms with Gasteiger partial charge in [-0.15, -0.1) is 0 Å². The highest BCUT2D eigenvalue weighted by Crippen LogP contribution is 2.12. The molecule has 1 saturated heterocycles. The van der Waals surface area contributed by atoms with Crippen LogP contribution in [-0.4, -0.2) is 48.6 Å². The van der Waals surface area contributed by atoms with Gasteiger partial charge in [-0.05, 0) is 25.0 Å². The average Bonchev–Trinajstić information content (AvgIpc) is 2.47. The largest absolute Gasteiger partial charge is 0.378 e. The lowest BCUT2D eigenvalue weighted by Gasteiger charge is -2.30. The van der Waals surface area contributed by atoms with Gasteiger partial charge >= 0.3 is 0 Å². The van der Waals surface area contributed by atoms with Crippen LogP contribution in [0.5, 0.6) is 0 Å². The molecule has 0 saturated carbocycles. The molecule has 1 fully saturated rings. The SMILES string of the molecule is Cc1ccc(CC(CN)C(=O)N2CCOCC2)cn1. The second kappa shape index (κ2) is 6.63. The molecular weight excluding hydrogens is 242 g/mol. The molecule has 0 spiro atoms. The minimum Gasteiger partial charge on any atom is -0.378 e. The zero-order chi connectivity index (χ0) is 13.7. The van der Waals surface area contributed by atoms with Crippen molar-refractivity contribution in [2.45, 2.75) is 13.3 Å². The molecule has 1 aromatic heterocycles. The fraction of sp³-hybridized carbons (Fsp3) is 0.571. The Bertz CT molecular complexity index is 413. The number of nitrogens with two attached hydrogens (primary N) is 1. The topological polar surface area (TPSA) is 68.5 Å². The maximum absolute atomic E-state index is 12.4. The predicted octanol–water partition coefficient (Wildman–Crippen LogP) is 0.366. The first kappa shape index (κ1) is 14.0. The Kier molecular flexibility index (Phi) is 4.87. The highest BCUT2D eigenvalue weighted by atomic mass is 16.5. The van der Waals surface area contributed by atoms with Crippen molar-refractivity contribution in [2.24, 2.45) is 11.7 Å². The van der Waals surface area contributed by atoms with E-state index < -0.39 is 0 Å². The normalized spacial score (nSPS) is 17.3. The monoisotopic (exact) mass is 263 g/mol. The Labute approximate surface area is 113 Å². The Morgan fingerprint density at radius 2 is 2.21 bits per heavy atom. The zero-order valence-corrected chi connectivity index (χ0v) is 11.3. The van der Waals surface area contributed by atoms with Crippen LogP contribution in [-0.2, 0) is 16.0 Å². The van der Waals surface area contributed by atoms with E-state index in [0.717, 1.165) is 11.3 Å². The molecule has 2 heterocycles. The summed E-state index contributed by atoms with van der Waals surface area (Å²) in [4.78, 5) is 18.5. The van der Waals surface area contributed by atoms with Crippen LogP contribution in [0.1, 0.15) is 11.3 Å². The third-order valence-corrected chi connectivity index (χ3v) is 3.41. The lowest BCUT2D eigenvalue weighted by molar-refractivity contribution is -0.139. The number of carbonyl (C=O) groups is 1. The molecule has 0 bridgehead atoms. The van der Waals surface area contributed by atoms with Crippen molar-refractivity contribution < 1.29 is 9.53 Å². The summed E-state index contributed by atoms with van der Waals surface area (Å²) < 4.78 is 5.26. The molecule has 2 rings (SSSR count). The summed E-state index contributed by atoms with van der Waals surface area (Å²) in [6.45, 7) is 4.89. The van der Waals surface area contributed by atoms with Gasteiger partial charge in [0.05, 0.1) is 19.1 Å². The van der Waals surface area contributed by atoms with Crippen molar-refractivity contribution >= 4 is 5.91 Å². The number of hydrogen-bond acceptors (Lipinski definition) is 4. The molecule has 1 atom stereocenters. The van der Waals surface area contributed by atoms with Crippen molar-refractivity contribution in [2.75, 3.05) is 32.8 Å². The maximum Gasteiger partial charge on any atom is 0.227 e. The van der Waals surface area contributed by atoms with Crippen LogP contribution in [0, 0.1) is 12.8 Å². The van der Waals surface area contributed by atoms with Gasteiger partial charge in [-0.3, -0.25) is 9.78 Å². The van der Waals surface area contributed by atoms with Gasteiger partial charge in [0, 0.05) is 31.5 Å². The van der Waals surface area contributed by atoms with Crippen LogP contribution >= 0.6 is 0 Å². The van der Waals surface area contributed by atoms with Crippen LogP contribution in [0.4, 0.5) is 0 Å². The van der Waals surface area contributed by atoms with Crippen LogP contribution in [0.25, 0.3) is 0 Å². The molecule has 5 nitrogen and oxygen atoms in total. The highest BCUT2D eigenvalue weighted by Gasteiger charge is 2.24. The number of rotatable bonds is 4. The molecule has 0 radical (unpaired) electrons. The van der Waals surface area contributed by atoms with Gasteiger partial charge in [-0.2, -0.15) is 0 Å². The summed E-state index contributed by atoms with van der Waals surface area (Å²) >= 11 is 0. The minimum atomic E-state index is -0.164. The molecule has 0 aromatic carbocycles. The van der Waals surface area contributed by atoms with Crippen LogP contribution < -0.4 is 5.73 Å². The molecule has 0 aliphatic carbocycles. The van der Waals surface area contributed by atoms with E-state index in [0.29, 0.717) is 39.3 Å². The molecule has 104 valence electrons. The Morgan fingerprint density at radius 1 is 1.47 bits per heavy atom. The number of amides is 1. The molecule has 2 N–H and O–H groups in total. The van der Waals surface area contributed by atoms with E-state index in [1.165, 1.54) is 0 Å². The molecule has 1 amide bonds. The number of aryl methyl sites for hydroxylation is 1. The molecule has 1 unspecified atom stereocenters. The number of nitrogens with zero attached hydrogens (tertiary/aromatic N) is 2. The number of ether oxygens (including phenoxy) is 1. The van der Waals surface area contributed by atoms with Crippen molar-refractivity contribution in [1.29, 1.82) is 0 Å². The number of aromatic nitrogens is 1. The molecule has 1 aliphatic rings. The quantitative estimate of drug-likeness (QED) is 0.852. The van der Waals surface area contributed by atoms with Crippen molar-refractivity contribution in [3.05, 3.63) is 29.6 Å². The Morgan fingerprint density at radius 3 is 2.79 bits per heavy atom. The number of carbonyl (C=O) groups excluding carboxylic acids is 1. The van der Waals surface area contributed by atoms with E-state index in [-0.39, 0.29) is 11.8 Å². The highest BCUT2D eigenvalue weighted by molar-refractivity contribution is 5.79. The van der Waals surface area contributed by atoms with Gasteiger partial charge in [-0.1, -0.05) is 6.07 Å². The van der Waals surface area contributed by atoms with Gasteiger partial charge in [0.1, 0.15) is 0 Å². The van der Waals surface area contributed by atoms with Crippen LogP contribution in [0.15, 0.2) is 18.3 Å². The number of pyridine rings is 1. The van der Waals surface area contributed by atoms with E-state index in [9.17, 15) is 4.79 Å². The summed E-state index contributed by atoms with van der Waals surface area (Å²) in [5, 5.41) is 0. The van der Waals surface area contributed by atoms with Gasteiger partial charge in [0.15, 0.2) is 0 Å².